The number of rotatable bonds is 6. The van der Waals surface area contributed by atoms with E-state index in [1.807, 2.05) is 0 Å². The van der Waals surface area contributed by atoms with Crippen LogP contribution >= 0.6 is 0 Å². The quantitative estimate of drug-likeness (QED) is 0.808. The first-order valence-corrected chi connectivity index (χ1v) is 8.19. The summed E-state index contributed by atoms with van der Waals surface area (Å²) in [4.78, 5) is 4.99. The van der Waals surface area contributed by atoms with Gasteiger partial charge in [-0.15, -0.1) is 0 Å². The van der Waals surface area contributed by atoms with E-state index in [4.69, 9.17) is 0 Å². The normalized spacial score (nSPS) is 19.8. The Morgan fingerprint density at radius 1 is 1.05 bits per heavy atom. The van der Waals surface area contributed by atoms with Crippen molar-refractivity contribution in [2.75, 3.05) is 46.8 Å². The summed E-state index contributed by atoms with van der Waals surface area (Å²) >= 11 is 0. The van der Waals surface area contributed by atoms with Crippen LogP contribution in [0.2, 0.25) is 0 Å². The average molecular weight is 284 g/mol. The van der Waals surface area contributed by atoms with Crippen LogP contribution in [0.1, 0.15) is 47.5 Å². The minimum absolute atomic E-state index is 0.218. The van der Waals surface area contributed by atoms with Crippen molar-refractivity contribution >= 4 is 0 Å². The van der Waals surface area contributed by atoms with Gasteiger partial charge in [-0.2, -0.15) is 0 Å². The molecule has 1 aliphatic rings. The minimum atomic E-state index is 0.218. The second-order valence-electron chi connectivity index (χ2n) is 8.75. The summed E-state index contributed by atoms with van der Waals surface area (Å²) in [5.41, 5.74) is 0.567. The third kappa shape index (κ3) is 7.61. The zero-order valence-electron chi connectivity index (χ0n) is 14.9. The largest absolute Gasteiger partial charge is 0.311 e. The monoisotopic (exact) mass is 283 g/mol. The van der Waals surface area contributed by atoms with Gasteiger partial charge in [-0.3, -0.25) is 0 Å². The van der Waals surface area contributed by atoms with Gasteiger partial charge in [-0.05, 0) is 72.1 Å². The fourth-order valence-electron chi connectivity index (χ4n) is 3.01. The molecule has 0 radical (unpaired) electrons. The van der Waals surface area contributed by atoms with Crippen LogP contribution in [0.4, 0.5) is 0 Å². The van der Waals surface area contributed by atoms with E-state index in [1.165, 1.54) is 39.0 Å². The van der Waals surface area contributed by atoms with Gasteiger partial charge in [0.1, 0.15) is 0 Å². The molecule has 1 aliphatic heterocycles. The van der Waals surface area contributed by atoms with Crippen molar-refractivity contribution in [1.29, 1.82) is 0 Å². The topological polar surface area (TPSA) is 18.5 Å². The van der Waals surface area contributed by atoms with Gasteiger partial charge in [0.25, 0.3) is 0 Å². The first kappa shape index (κ1) is 17.9. The molecule has 0 aromatic carbocycles. The van der Waals surface area contributed by atoms with E-state index < -0.39 is 0 Å². The number of nitrogens with zero attached hydrogens (tertiary/aromatic N) is 2. The predicted octanol–water partition coefficient (Wildman–Crippen LogP) is 2.67. The summed E-state index contributed by atoms with van der Waals surface area (Å²) in [5, 5.41) is 3.65. The molecule has 0 unspecified atom stereocenters. The SMILES string of the molecule is CN(C)CC1CCN(CC(C)(C)CNC(C)(C)C)CC1. The Hall–Kier alpha value is -0.120. The zero-order chi connectivity index (χ0) is 15.4. The van der Waals surface area contributed by atoms with E-state index in [-0.39, 0.29) is 5.54 Å². The van der Waals surface area contributed by atoms with E-state index in [0.717, 1.165) is 12.5 Å². The number of piperidine rings is 1. The highest BCUT2D eigenvalue weighted by molar-refractivity contribution is 4.83. The summed E-state index contributed by atoms with van der Waals surface area (Å²) in [6, 6.07) is 0. The number of hydrogen-bond acceptors (Lipinski definition) is 3. The molecule has 3 nitrogen and oxygen atoms in total. The third-order valence-electron chi connectivity index (χ3n) is 4.08. The Morgan fingerprint density at radius 2 is 1.60 bits per heavy atom. The lowest BCUT2D eigenvalue weighted by Gasteiger charge is -2.39. The van der Waals surface area contributed by atoms with Crippen molar-refractivity contribution in [3.05, 3.63) is 0 Å². The highest BCUT2D eigenvalue weighted by Gasteiger charge is 2.26. The molecule has 1 N–H and O–H groups in total. The molecule has 0 atom stereocenters. The van der Waals surface area contributed by atoms with Crippen LogP contribution < -0.4 is 5.32 Å². The van der Waals surface area contributed by atoms with E-state index in [1.54, 1.807) is 0 Å². The minimum Gasteiger partial charge on any atom is -0.311 e. The second-order valence-corrected chi connectivity index (χ2v) is 8.75. The van der Waals surface area contributed by atoms with Gasteiger partial charge in [0.2, 0.25) is 0 Å². The zero-order valence-corrected chi connectivity index (χ0v) is 14.9. The highest BCUT2D eigenvalue weighted by atomic mass is 15.1. The molecule has 1 heterocycles. The Kier molecular flexibility index (Phi) is 6.49. The van der Waals surface area contributed by atoms with Crippen LogP contribution in [-0.4, -0.2) is 62.2 Å². The lowest BCUT2D eigenvalue weighted by molar-refractivity contribution is 0.113. The van der Waals surface area contributed by atoms with Crippen molar-refractivity contribution in [1.82, 2.24) is 15.1 Å². The molecule has 3 heteroatoms. The molecule has 0 aliphatic carbocycles. The fraction of sp³-hybridized carbons (Fsp3) is 1.00. The Labute approximate surface area is 127 Å². The number of likely N-dealkylation sites (tertiary alicyclic amines) is 1. The first-order valence-electron chi connectivity index (χ1n) is 8.19. The van der Waals surface area contributed by atoms with E-state index >= 15 is 0 Å². The van der Waals surface area contributed by atoms with E-state index in [2.05, 4.69) is 63.8 Å². The molecule has 0 aromatic heterocycles. The summed E-state index contributed by atoms with van der Waals surface area (Å²) in [6.07, 6.45) is 2.72. The molecule has 1 fully saturated rings. The molecule has 0 amide bonds. The maximum absolute atomic E-state index is 3.65. The molecule has 120 valence electrons. The standard InChI is InChI=1S/C17H37N3/c1-16(2,3)18-13-17(4,5)14-20-10-8-15(9-11-20)12-19(6)7/h15,18H,8-14H2,1-7H3. The molecule has 0 spiro atoms. The second kappa shape index (κ2) is 7.24. The van der Waals surface area contributed by atoms with Gasteiger partial charge < -0.3 is 15.1 Å². The van der Waals surface area contributed by atoms with Gasteiger partial charge in [-0.25, -0.2) is 0 Å². The van der Waals surface area contributed by atoms with E-state index in [9.17, 15) is 0 Å². The van der Waals surface area contributed by atoms with Crippen molar-refractivity contribution in [2.45, 2.75) is 53.0 Å². The molecule has 1 saturated heterocycles. The molecular formula is C17H37N3. The smallest absolute Gasteiger partial charge is 0.00967 e. The van der Waals surface area contributed by atoms with Crippen molar-refractivity contribution < 1.29 is 0 Å². The van der Waals surface area contributed by atoms with Crippen LogP contribution in [0.15, 0.2) is 0 Å². The lowest BCUT2D eigenvalue weighted by atomic mass is 9.89. The summed E-state index contributed by atoms with van der Waals surface area (Å²) < 4.78 is 0. The van der Waals surface area contributed by atoms with Crippen LogP contribution in [-0.2, 0) is 0 Å². The van der Waals surface area contributed by atoms with Gasteiger partial charge >= 0.3 is 0 Å². The molecule has 1 rings (SSSR count). The lowest BCUT2D eigenvalue weighted by Crippen LogP contribution is -2.48. The summed E-state index contributed by atoms with van der Waals surface area (Å²) in [5.74, 6) is 0.900. The average Bonchev–Trinajstić information content (AvgIpc) is 2.28. The van der Waals surface area contributed by atoms with Gasteiger partial charge in [0.15, 0.2) is 0 Å². The number of hydrogen-bond donors (Lipinski definition) is 1. The fourth-order valence-corrected chi connectivity index (χ4v) is 3.01. The molecular weight excluding hydrogens is 246 g/mol. The van der Waals surface area contributed by atoms with Crippen molar-refractivity contribution in [3.63, 3.8) is 0 Å². The van der Waals surface area contributed by atoms with Crippen LogP contribution in [0.25, 0.3) is 0 Å². The van der Waals surface area contributed by atoms with Crippen LogP contribution in [0, 0.1) is 11.3 Å². The van der Waals surface area contributed by atoms with Crippen LogP contribution in [0.5, 0.6) is 0 Å². The molecule has 0 bridgehead atoms. The summed E-state index contributed by atoms with van der Waals surface area (Å²) in [6.45, 7) is 17.6. The van der Waals surface area contributed by atoms with Gasteiger partial charge in [0, 0.05) is 25.2 Å². The Morgan fingerprint density at radius 3 is 2.05 bits per heavy atom. The Balaban J connectivity index is 2.31. The Bertz CT molecular complexity index is 270. The summed E-state index contributed by atoms with van der Waals surface area (Å²) in [7, 11) is 4.38. The van der Waals surface area contributed by atoms with Gasteiger partial charge in [-0.1, -0.05) is 13.8 Å². The third-order valence-corrected chi connectivity index (χ3v) is 4.08. The molecule has 0 saturated carbocycles. The van der Waals surface area contributed by atoms with Crippen molar-refractivity contribution in [3.8, 4) is 0 Å². The van der Waals surface area contributed by atoms with Gasteiger partial charge in [0.05, 0.1) is 0 Å². The maximum Gasteiger partial charge on any atom is 0.00967 e. The first-order chi connectivity index (χ1) is 9.07. The molecule has 20 heavy (non-hydrogen) atoms. The highest BCUT2D eigenvalue weighted by Crippen LogP contribution is 2.23. The number of nitrogens with one attached hydrogen (secondary N) is 1. The van der Waals surface area contributed by atoms with Crippen LogP contribution in [0.3, 0.4) is 0 Å². The maximum atomic E-state index is 3.65. The van der Waals surface area contributed by atoms with E-state index in [0.29, 0.717) is 5.41 Å². The molecule has 0 aromatic rings. The predicted molar refractivity (Wildman–Crippen MR) is 89.3 cm³/mol. The van der Waals surface area contributed by atoms with Crippen molar-refractivity contribution in [2.24, 2.45) is 11.3 Å².